The summed E-state index contributed by atoms with van der Waals surface area (Å²) in [5.74, 6) is 0.914. The van der Waals surface area contributed by atoms with E-state index >= 15 is 0 Å². The van der Waals surface area contributed by atoms with E-state index in [0.29, 0.717) is 0 Å². The monoisotopic (exact) mass is 248 g/mol. The largest absolute Gasteiger partial charge is 0.462 e. The van der Waals surface area contributed by atoms with E-state index < -0.39 is 0 Å². The number of ether oxygens (including phenoxy) is 1. The minimum absolute atomic E-state index is 0.0802. The Balaban J connectivity index is 1.68. The van der Waals surface area contributed by atoms with Crippen molar-refractivity contribution in [2.45, 2.75) is 64.4 Å². The molecule has 3 atom stereocenters. The van der Waals surface area contributed by atoms with Crippen molar-refractivity contribution in [1.82, 2.24) is 0 Å². The molecular formula is C16H24O2. The lowest BCUT2D eigenvalue weighted by Gasteiger charge is -2.32. The highest BCUT2D eigenvalue weighted by atomic mass is 16.5. The number of hydrogen-bond acceptors (Lipinski definition) is 2. The summed E-state index contributed by atoms with van der Waals surface area (Å²) in [6.07, 6.45) is 14.0. The van der Waals surface area contributed by atoms with Gasteiger partial charge < -0.3 is 4.74 Å². The Labute approximate surface area is 110 Å². The Morgan fingerprint density at radius 2 is 2.17 bits per heavy atom. The van der Waals surface area contributed by atoms with Gasteiger partial charge in [-0.2, -0.15) is 0 Å². The van der Waals surface area contributed by atoms with E-state index in [2.05, 4.69) is 19.1 Å². The standard InChI is InChI=1S/C16H24O2/c1-2-14(15(17)18-13-5-3-4-6-13)16-9-7-12(11-16)8-10-16/h7,9,12-14H,2-6,8,10-11H2,1H3. The Morgan fingerprint density at radius 3 is 2.67 bits per heavy atom. The van der Waals surface area contributed by atoms with E-state index in [0.717, 1.165) is 25.2 Å². The summed E-state index contributed by atoms with van der Waals surface area (Å²) in [5.41, 5.74) is 0.148. The fraction of sp³-hybridized carbons (Fsp3) is 0.812. The highest BCUT2D eigenvalue weighted by Crippen LogP contribution is 2.54. The van der Waals surface area contributed by atoms with Gasteiger partial charge in [0.2, 0.25) is 0 Å². The quantitative estimate of drug-likeness (QED) is 0.558. The van der Waals surface area contributed by atoms with Crippen LogP contribution in [0.1, 0.15) is 58.3 Å². The van der Waals surface area contributed by atoms with Gasteiger partial charge in [-0.25, -0.2) is 0 Å². The SMILES string of the molecule is CCC(C(=O)OC1CCCC1)C12C=CC(CC1)C2. The summed E-state index contributed by atoms with van der Waals surface area (Å²) in [4.78, 5) is 12.4. The maximum absolute atomic E-state index is 12.4. The molecule has 3 unspecified atom stereocenters. The topological polar surface area (TPSA) is 26.3 Å². The van der Waals surface area contributed by atoms with Gasteiger partial charge in [-0.15, -0.1) is 0 Å². The molecule has 0 N–H and O–H groups in total. The molecule has 0 amide bonds. The number of carbonyl (C=O) groups excluding carboxylic acids is 1. The van der Waals surface area contributed by atoms with E-state index in [4.69, 9.17) is 4.74 Å². The Morgan fingerprint density at radius 1 is 1.39 bits per heavy atom. The molecule has 0 heterocycles. The summed E-state index contributed by atoms with van der Waals surface area (Å²) in [5, 5.41) is 0. The molecule has 0 saturated heterocycles. The maximum Gasteiger partial charge on any atom is 0.310 e. The first kappa shape index (κ1) is 12.3. The second kappa shape index (κ2) is 4.71. The minimum Gasteiger partial charge on any atom is -0.462 e. The third-order valence-electron chi connectivity index (χ3n) is 5.29. The van der Waals surface area contributed by atoms with E-state index in [1.165, 1.54) is 32.1 Å². The molecule has 2 bridgehead atoms. The zero-order valence-corrected chi connectivity index (χ0v) is 11.4. The van der Waals surface area contributed by atoms with E-state index in [9.17, 15) is 4.79 Å². The fourth-order valence-electron chi connectivity index (χ4n) is 4.28. The van der Waals surface area contributed by atoms with Gasteiger partial charge >= 0.3 is 5.97 Å². The van der Waals surface area contributed by atoms with Crippen molar-refractivity contribution in [2.75, 3.05) is 0 Å². The Hall–Kier alpha value is -0.790. The van der Waals surface area contributed by atoms with Gasteiger partial charge in [0.1, 0.15) is 6.10 Å². The van der Waals surface area contributed by atoms with Crippen LogP contribution in [0.4, 0.5) is 0 Å². The van der Waals surface area contributed by atoms with Crippen LogP contribution >= 0.6 is 0 Å². The van der Waals surface area contributed by atoms with Gasteiger partial charge in [-0.1, -0.05) is 19.1 Å². The summed E-state index contributed by atoms with van der Waals surface area (Å²) < 4.78 is 5.75. The fourth-order valence-corrected chi connectivity index (χ4v) is 4.28. The van der Waals surface area contributed by atoms with Gasteiger partial charge in [0.05, 0.1) is 5.92 Å². The van der Waals surface area contributed by atoms with Crippen LogP contribution in [0.3, 0.4) is 0 Å². The average molecular weight is 248 g/mol. The molecule has 2 saturated carbocycles. The van der Waals surface area contributed by atoms with Gasteiger partial charge in [0, 0.05) is 5.41 Å². The zero-order chi connectivity index (χ0) is 12.6. The van der Waals surface area contributed by atoms with Crippen molar-refractivity contribution in [1.29, 1.82) is 0 Å². The first-order valence-corrected chi connectivity index (χ1v) is 7.63. The summed E-state index contributed by atoms with van der Waals surface area (Å²) in [6, 6.07) is 0. The Bertz CT molecular complexity index is 354. The smallest absolute Gasteiger partial charge is 0.310 e. The maximum atomic E-state index is 12.4. The van der Waals surface area contributed by atoms with Crippen molar-refractivity contribution in [3.63, 3.8) is 0 Å². The molecule has 2 nitrogen and oxygen atoms in total. The molecule has 0 radical (unpaired) electrons. The van der Waals surface area contributed by atoms with Crippen LogP contribution < -0.4 is 0 Å². The van der Waals surface area contributed by atoms with Crippen LogP contribution in [0.15, 0.2) is 12.2 Å². The van der Waals surface area contributed by atoms with Gasteiger partial charge in [-0.05, 0) is 57.3 Å². The third-order valence-corrected chi connectivity index (χ3v) is 5.29. The van der Waals surface area contributed by atoms with E-state index in [1.807, 2.05) is 0 Å². The van der Waals surface area contributed by atoms with Crippen molar-refractivity contribution < 1.29 is 9.53 Å². The molecule has 0 aliphatic heterocycles. The lowest BCUT2D eigenvalue weighted by atomic mass is 9.73. The molecule has 3 aliphatic carbocycles. The molecule has 18 heavy (non-hydrogen) atoms. The van der Waals surface area contributed by atoms with Crippen LogP contribution in [0, 0.1) is 17.3 Å². The lowest BCUT2D eigenvalue weighted by molar-refractivity contribution is -0.157. The van der Waals surface area contributed by atoms with Crippen LogP contribution in [0.2, 0.25) is 0 Å². The number of fused-ring (bicyclic) bond motifs is 2. The summed E-state index contributed by atoms with van der Waals surface area (Å²) in [6.45, 7) is 2.13. The second-order valence-electron chi connectivity index (χ2n) is 6.40. The first-order chi connectivity index (χ1) is 8.73. The predicted molar refractivity (Wildman–Crippen MR) is 71.0 cm³/mol. The van der Waals surface area contributed by atoms with Gasteiger partial charge in [0.15, 0.2) is 0 Å². The number of allylic oxidation sites excluding steroid dienone is 2. The normalized spacial score (nSPS) is 36.2. The minimum atomic E-state index is 0.0802. The highest BCUT2D eigenvalue weighted by molar-refractivity contribution is 5.74. The van der Waals surface area contributed by atoms with Crippen molar-refractivity contribution >= 4 is 5.97 Å². The molecule has 0 spiro atoms. The van der Waals surface area contributed by atoms with E-state index in [1.54, 1.807) is 0 Å². The molecule has 0 aromatic rings. The van der Waals surface area contributed by atoms with Crippen molar-refractivity contribution in [3.05, 3.63) is 12.2 Å². The zero-order valence-electron chi connectivity index (χ0n) is 11.4. The molecule has 2 fully saturated rings. The van der Waals surface area contributed by atoms with Crippen molar-refractivity contribution in [3.8, 4) is 0 Å². The van der Waals surface area contributed by atoms with Crippen LogP contribution in [0.25, 0.3) is 0 Å². The second-order valence-corrected chi connectivity index (χ2v) is 6.40. The van der Waals surface area contributed by atoms with Crippen LogP contribution in [0.5, 0.6) is 0 Å². The van der Waals surface area contributed by atoms with Crippen molar-refractivity contribution in [2.24, 2.45) is 17.3 Å². The number of esters is 1. The molecule has 3 aliphatic rings. The molecule has 3 rings (SSSR count). The average Bonchev–Trinajstić information content (AvgIpc) is 3.05. The molecule has 0 aromatic heterocycles. The van der Waals surface area contributed by atoms with Gasteiger partial charge in [-0.3, -0.25) is 4.79 Å². The highest BCUT2D eigenvalue weighted by Gasteiger charge is 2.49. The van der Waals surface area contributed by atoms with Crippen LogP contribution in [-0.2, 0) is 9.53 Å². The summed E-state index contributed by atoms with van der Waals surface area (Å²) >= 11 is 0. The summed E-state index contributed by atoms with van der Waals surface area (Å²) in [7, 11) is 0. The number of hydrogen-bond donors (Lipinski definition) is 0. The lowest BCUT2D eigenvalue weighted by Crippen LogP contribution is -2.34. The molecule has 2 heteroatoms. The molecule has 100 valence electrons. The first-order valence-electron chi connectivity index (χ1n) is 7.63. The third kappa shape index (κ3) is 2.00. The Kier molecular flexibility index (Phi) is 3.21. The van der Waals surface area contributed by atoms with Crippen LogP contribution in [-0.4, -0.2) is 12.1 Å². The molecular weight excluding hydrogens is 224 g/mol. The number of rotatable bonds is 4. The number of carbonyl (C=O) groups is 1. The predicted octanol–water partition coefficient (Wildman–Crippen LogP) is 3.85. The van der Waals surface area contributed by atoms with E-state index in [-0.39, 0.29) is 23.4 Å². The van der Waals surface area contributed by atoms with Gasteiger partial charge in [0.25, 0.3) is 0 Å². The molecule has 0 aromatic carbocycles.